The number of ketones is 1. The number of carbonyl (C=O) groups excluding carboxylic acids is 4. The molecule has 2 aromatic carbocycles. The van der Waals surface area contributed by atoms with E-state index >= 15 is 0 Å². The van der Waals surface area contributed by atoms with Crippen LogP contribution in [0.3, 0.4) is 0 Å². The highest BCUT2D eigenvalue weighted by molar-refractivity contribution is 6.36. The first-order chi connectivity index (χ1) is 14.2. The van der Waals surface area contributed by atoms with Crippen LogP contribution in [0.4, 0.5) is 0 Å². The fourth-order valence-corrected chi connectivity index (χ4v) is 3.77. The van der Waals surface area contributed by atoms with Crippen LogP contribution in [0.5, 0.6) is 0 Å². The molecule has 0 aliphatic carbocycles. The van der Waals surface area contributed by atoms with Crippen LogP contribution >= 0.6 is 23.2 Å². The summed E-state index contributed by atoms with van der Waals surface area (Å²) in [6, 6.07) is 10.0. The van der Waals surface area contributed by atoms with Gasteiger partial charge < -0.3 is 0 Å². The molecule has 1 atom stereocenters. The highest BCUT2D eigenvalue weighted by atomic mass is 35.5. The van der Waals surface area contributed by atoms with E-state index in [0.717, 1.165) is 15.6 Å². The molecule has 6 nitrogen and oxygen atoms in total. The Labute approximate surface area is 184 Å². The molecule has 8 heteroatoms. The van der Waals surface area contributed by atoms with E-state index in [0.29, 0.717) is 17.0 Å². The van der Waals surface area contributed by atoms with Gasteiger partial charge in [0.1, 0.15) is 6.04 Å². The lowest BCUT2D eigenvalue weighted by atomic mass is 10.0. The van der Waals surface area contributed by atoms with Gasteiger partial charge in [0.25, 0.3) is 5.91 Å². The van der Waals surface area contributed by atoms with E-state index in [1.807, 2.05) is 6.92 Å². The summed E-state index contributed by atoms with van der Waals surface area (Å²) < 4.78 is 0. The van der Waals surface area contributed by atoms with Crippen molar-refractivity contribution in [2.24, 2.45) is 0 Å². The molecule has 3 rings (SSSR count). The molecule has 0 N–H and O–H groups in total. The lowest BCUT2D eigenvalue weighted by Gasteiger charge is -2.38. The van der Waals surface area contributed by atoms with E-state index in [1.54, 1.807) is 24.3 Å². The fourth-order valence-electron chi connectivity index (χ4n) is 3.28. The van der Waals surface area contributed by atoms with Crippen LogP contribution in [0.25, 0.3) is 0 Å². The van der Waals surface area contributed by atoms with Gasteiger partial charge in [-0.15, -0.1) is 0 Å². The summed E-state index contributed by atoms with van der Waals surface area (Å²) in [5.74, 6) is -2.20. The maximum Gasteiger partial charge on any atom is 0.275 e. The monoisotopic (exact) mass is 446 g/mol. The quantitative estimate of drug-likeness (QED) is 0.501. The van der Waals surface area contributed by atoms with Crippen LogP contribution in [0, 0.1) is 6.92 Å². The van der Waals surface area contributed by atoms with E-state index in [9.17, 15) is 19.2 Å². The van der Waals surface area contributed by atoms with Gasteiger partial charge in [0.15, 0.2) is 5.78 Å². The number of Topliss-reactive ketones (excluding diaryl/α,β-unsaturated/α-hetero) is 1. The molecule has 1 aliphatic rings. The van der Waals surface area contributed by atoms with Gasteiger partial charge in [-0.3, -0.25) is 19.2 Å². The maximum atomic E-state index is 13.4. The number of imide groups is 1. The van der Waals surface area contributed by atoms with Gasteiger partial charge in [0, 0.05) is 23.4 Å². The summed E-state index contributed by atoms with van der Waals surface area (Å²) in [7, 11) is 0. The fraction of sp³-hybridized carbons (Fsp3) is 0.273. The topological polar surface area (TPSA) is 74.8 Å². The number of hydrogen-bond acceptors (Lipinski definition) is 4. The molecule has 0 radical (unpaired) electrons. The lowest BCUT2D eigenvalue weighted by Crippen LogP contribution is -2.59. The van der Waals surface area contributed by atoms with Gasteiger partial charge in [-0.1, -0.05) is 53.0 Å². The van der Waals surface area contributed by atoms with Gasteiger partial charge >= 0.3 is 0 Å². The number of piperidine rings is 1. The van der Waals surface area contributed by atoms with Crippen molar-refractivity contribution in [3.63, 3.8) is 0 Å². The van der Waals surface area contributed by atoms with Crippen LogP contribution in [0.15, 0.2) is 42.5 Å². The van der Waals surface area contributed by atoms with Crippen LogP contribution in [-0.2, 0) is 9.59 Å². The highest BCUT2D eigenvalue weighted by Gasteiger charge is 2.40. The van der Waals surface area contributed by atoms with E-state index in [4.69, 9.17) is 23.2 Å². The SMILES string of the molecule is Cc1ccc(C(=O)[C@H](C)N(C(=O)c2ccc(Cl)cc2Cl)N2C(=O)CCCC2=O)cc1. The minimum absolute atomic E-state index is 0.0378. The number of benzene rings is 2. The second-order valence-electron chi connectivity index (χ2n) is 7.13. The molecule has 0 aromatic heterocycles. The lowest BCUT2D eigenvalue weighted by molar-refractivity contribution is -0.165. The summed E-state index contributed by atoms with van der Waals surface area (Å²) in [6.07, 6.45) is 0.614. The summed E-state index contributed by atoms with van der Waals surface area (Å²) in [4.78, 5) is 51.7. The number of nitrogens with zero attached hydrogens (tertiary/aromatic N) is 2. The Bertz CT molecular complexity index is 1000. The second-order valence-corrected chi connectivity index (χ2v) is 7.98. The molecule has 0 saturated carbocycles. The summed E-state index contributed by atoms with van der Waals surface area (Å²) in [5.41, 5.74) is 1.38. The Morgan fingerprint density at radius 1 is 1.00 bits per heavy atom. The van der Waals surface area contributed by atoms with Gasteiger partial charge in [0.2, 0.25) is 11.8 Å². The second kappa shape index (κ2) is 8.98. The van der Waals surface area contributed by atoms with Crippen molar-refractivity contribution in [2.75, 3.05) is 0 Å². The third-order valence-corrected chi connectivity index (χ3v) is 5.47. The summed E-state index contributed by atoms with van der Waals surface area (Å²) in [5, 5.41) is 2.09. The maximum absolute atomic E-state index is 13.4. The molecular weight excluding hydrogens is 427 g/mol. The minimum Gasteiger partial charge on any atom is -0.292 e. The van der Waals surface area contributed by atoms with Crippen LogP contribution in [0.2, 0.25) is 10.0 Å². The van der Waals surface area contributed by atoms with Crippen molar-refractivity contribution in [1.29, 1.82) is 0 Å². The van der Waals surface area contributed by atoms with E-state index < -0.39 is 29.5 Å². The first-order valence-corrected chi connectivity index (χ1v) is 10.2. The predicted molar refractivity (Wildman–Crippen MR) is 113 cm³/mol. The smallest absolute Gasteiger partial charge is 0.275 e. The number of amides is 3. The molecule has 1 fully saturated rings. The summed E-state index contributed by atoms with van der Waals surface area (Å²) >= 11 is 12.1. The number of rotatable bonds is 5. The number of carbonyl (C=O) groups is 4. The third-order valence-electron chi connectivity index (χ3n) is 4.92. The molecule has 0 spiro atoms. The summed E-state index contributed by atoms with van der Waals surface area (Å²) in [6.45, 7) is 3.38. The zero-order chi connectivity index (χ0) is 22.0. The first-order valence-electron chi connectivity index (χ1n) is 9.46. The average molecular weight is 447 g/mol. The Balaban J connectivity index is 2.05. The number of aryl methyl sites for hydroxylation is 1. The molecule has 2 aromatic rings. The standard InChI is InChI=1S/C22H20Cl2N2O4/c1-13-6-8-15(9-7-13)21(29)14(2)25(26-19(27)4-3-5-20(26)28)22(30)17-11-10-16(23)12-18(17)24/h6-12,14H,3-5H2,1-2H3/t14-/m0/s1. The number of hydrazine groups is 1. The van der Waals surface area contributed by atoms with Gasteiger partial charge in [-0.2, -0.15) is 5.01 Å². The van der Waals surface area contributed by atoms with Crippen molar-refractivity contribution in [1.82, 2.24) is 10.0 Å². The molecule has 1 heterocycles. The van der Waals surface area contributed by atoms with Gasteiger partial charge in [-0.25, -0.2) is 5.01 Å². The molecular formula is C22H20Cl2N2O4. The molecule has 0 bridgehead atoms. The van der Waals surface area contributed by atoms with E-state index in [2.05, 4.69) is 0 Å². The van der Waals surface area contributed by atoms with Gasteiger partial charge in [0.05, 0.1) is 10.6 Å². The zero-order valence-corrected chi connectivity index (χ0v) is 18.0. The highest BCUT2D eigenvalue weighted by Crippen LogP contribution is 2.26. The average Bonchev–Trinajstić information content (AvgIpc) is 2.70. The normalized spacial score (nSPS) is 15.1. The molecule has 156 valence electrons. The largest absolute Gasteiger partial charge is 0.292 e. The molecule has 30 heavy (non-hydrogen) atoms. The van der Waals surface area contributed by atoms with Crippen molar-refractivity contribution in [3.05, 3.63) is 69.2 Å². The van der Waals surface area contributed by atoms with Crippen molar-refractivity contribution in [2.45, 2.75) is 39.2 Å². The van der Waals surface area contributed by atoms with Gasteiger partial charge in [-0.05, 0) is 38.5 Å². The van der Waals surface area contributed by atoms with E-state index in [-0.39, 0.29) is 23.4 Å². The first kappa shape index (κ1) is 22.0. The Kier molecular flexibility index (Phi) is 6.58. The van der Waals surface area contributed by atoms with Crippen molar-refractivity contribution >= 4 is 46.7 Å². The zero-order valence-electron chi connectivity index (χ0n) is 16.5. The van der Waals surface area contributed by atoms with Crippen LogP contribution in [0.1, 0.15) is 52.5 Å². The third kappa shape index (κ3) is 4.40. The molecule has 1 saturated heterocycles. The Morgan fingerprint density at radius 3 is 2.17 bits per heavy atom. The van der Waals surface area contributed by atoms with Crippen LogP contribution in [-0.4, -0.2) is 39.6 Å². The van der Waals surface area contributed by atoms with E-state index in [1.165, 1.54) is 25.1 Å². The Morgan fingerprint density at radius 2 is 1.60 bits per heavy atom. The number of halogens is 2. The minimum atomic E-state index is -1.11. The molecule has 3 amide bonds. The predicted octanol–water partition coefficient (Wildman–Crippen LogP) is 4.47. The molecule has 0 unspecified atom stereocenters. The van der Waals surface area contributed by atoms with Crippen molar-refractivity contribution < 1.29 is 19.2 Å². The van der Waals surface area contributed by atoms with Crippen molar-refractivity contribution in [3.8, 4) is 0 Å². The Hall–Kier alpha value is -2.70. The molecule has 1 aliphatic heterocycles. The van der Waals surface area contributed by atoms with Crippen LogP contribution < -0.4 is 0 Å². The number of hydrogen-bond donors (Lipinski definition) is 0.